The van der Waals surface area contributed by atoms with Crippen LogP contribution in [0.15, 0.2) is 0 Å². The van der Waals surface area contributed by atoms with Crippen molar-refractivity contribution in [2.45, 2.75) is 52.4 Å². The first kappa shape index (κ1) is 10.5. The standard InChI is InChI=1S/C13H25N/c1-3-14-10-12-9-13(12)7-4-5-11(2)6-8-13/h11-12,14H,3-10H2,1-2H3. The van der Waals surface area contributed by atoms with Gasteiger partial charge in [-0.1, -0.05) is 33.1 Å². The predicted octanol–water partition coefficient (Wildman–Crippen LogP) is 3.20. The molecule has 0 radical (unpaired) electrons. The third-order valence-electron chi connectivity index (χ3n) is 4.51. The summed E-state index contributed by atoms with van der Waals surface area (Å²) < 4.78 is 0. The minimum Gasteiger partial charge on any atom is -0.317 e. The molecule has 82 valence electrons. The highest BCUT2D eigenvalue weighted by Crippen LogP contribution is 2.60. The summed E-state index contributed by atoms with van der Waals surface area (Å²) in [6.45, 7) is 7.07. The molecule has 2 rings (SSSR count). The zero-order valence-corrected chi connectivity index (χ0v) is 9.81. The highest BCUT2D eigenvalue weighted by atomic mass is 14.9. The molecule has 2 aliphatic rings. The van der Waals surface area contributed by atoms with Gasteiger partial charge < -0.3 is 5.32 Å². The van der Waals surface area contributed by atoms with Gasteiger partial charge in [-0.05, 0) is 49.6 Å². The zero-order chi connectivity index (χ0) is 10.0. The Morgan fingerprint density at radius 2 is 2.14 bits per heavy atom. The first-order chi connectivity index (χ1) is 6.77. The lowest BCUT2D eigenvalue weighted by atomic mass is 9.93. The van der Waals surface area contributed by atoms with Crippen molar-refractivity contribution in [3.8, 4) is 0 Å². The van der Waals surface area contributed by atoms with E-state index in [9.17, 15) is 0 Å². The van der Waals surface area contributed by atoms with E-state index < -0.39 is 0 Å². The van der Waals surface area contributed by atoms with Crippen molar-refractivity contribution < 1.29 is 0 Å². The molecule has 0 bridgehead atoms. The van der Waals surface area contributed by atoms with Crippen LogP contribution >= 0.6 is 0 Å². The first-order valence-electron chi connectivity index (χ1n) is 6.47. The summed E-state index contributed by atoms with van der Waals surface area (Å²) in [6, 6.07) is 0. The van der Waals surface area contributed by atoms with Gasteiger partial charge in [0.2, 0.25) is 0 Å². The normalized spacial score (nSPS) is 42.4. The first-order valence-corrected chi connectivity index (χ1v) is 6.47. The lowest BCUT2D eigenvalue weighted by Gasteiger charge is -2.14. The number of rotatable bonds is 3. The van der Waals surface area contributed by atoms with Crippen molar-refractivity contribution in [1.29, 1.82) is 0 Å². The molecule has 1 spiro atoms. The van der Waals surface area contributed by atoms with Crippen LogP contribution in [0.1, 0.15) is 52.4 Å². The molecule has 1 heteroatoms. The van der Waals surface area contributed by atoms with Crippen LogP contribution in [0.2, 0.25) is 0 Å². The zero-order valence-electron chi connectivity index (χ0n) is 9.81. The van der Waals surface area contributed by atoms with Crippen molar-refractivity contribution in [3.63, 3.8) is 0 Å². The van der Waals surface area contributed by atoms with E-state index in [0.717, 1.165) is 23.8 Å². The molecule has 0 aromatic carbocycles. The summed E-state index contributed by atoms with van der Waals surface area (Å²) in [7, 11) is 0. The fraction of sp³-hybridized carbons (Fsp3) is 1.00. The van der Waals surface area contributed by atoms with E-state index in [1.54, 1.807) is 0 Å². The summed E-state index contributed by atoms with van der Waals surface area (Å²) in [4.78, 5) is 0. The Labute approximate surface area is 88.7 Å². The molecule has 2 fully saturated rings. The van der Waals surface area contributed by atoms with Crippen LogP contribution in [0.4, 0.5) is 0 Å². The van der Waals surface area contributed by atoms with Gasteiger partial charge in [0.05, 0.1) is 0 Å². The van der Waals surface area contributed by atoms with Gasteiger partial charge in [0.25, 0.3) is 0 Å². The smallest absolute Gasteiger partial charge is 0.00151 e. The lowest BCUT2D eigenvalue weighted by molar-refractivity contribution is 0.379. The van der Waals surface area contributed by atoms with E-state index in [4.69, 9.17) is 0 Å². The highest BCUT2D eigenvalue weighted by molar-refractivity contribution is 5.03. The van der Waals surface area contributed by atoms with Gasteiger partial charge in [0, 0.05) is 0 Å². The third kappa shape index (κ3) is 2.13. The molecule has 3 atom stereocenters. The number of hydrogen-bond donors (Lipinski definition) is 1. The van der Waals surface area contributed by atoms with E-state index in [0.29, 0.717) is 0 Å². The van der Waals surface area contributed by atoms with Crippen molar-refractivity contribution in [3.05, 3.63) is 0 Å². The molecule has 3 unspecified atom stereocenters. The molecule has 0 aromatic heterocycles. The largest absolute Gasteiger partial charge is 0.317 e. The Morgan fingerprint density at radius 1 is 1.29 bits per heavy atom. The molecule has 0 saturated heterocycles. The average Bonchev–Trinajstić information content (AvgIpc) is 2.89. The Hall–Kier alpha value is -0.0400. The van der Waals surface area contributed by atoms with Crippen LogP contribution in [0.5, 0.6) is 0 Å². The maximum atomic E-state index is 3.51. The molecule has 0 aliphatic heterocycles. The monoisotopic (exact) mass is 195 g/mol. The van der Waals surface area contributed by atoms with E-state index >= 15 is 0 Å². The maximum Gasteiger partial charge on any atom is -0.00151 e. The van der Waals surface area contributed by atoms with Gasteiger partial charge in [-0.15, -0.1) is 0 Å². The summed E-state index contributed by atoms with van der Waals surface area (Å²) in [6.07, 6.45) is 9.02. The fourth-order valence-corrected chi connectivity index (χ4v) is 3.26. The lowest BCUT2D eigenvalue weighted by Crippen LogP contribution is -2.19. The molecular weight excluding hydrogens is 170 g/mol. The molecule has 1 nitrogen and oxygen atoms in total. The number of nitrogens with one attached hydrogen (secondary N) is 1. The Morgan fingerprint density at radius 3 is 2.93 bits per heavy atom. The van der Waals surface area contributed by atoms with Crippen LogP contribution in [0, 0.1) is 17.3 Å². The van der Waals surface area contributed by atoms with Crippen LogP contribution in [0.25, 0.3) is 0 Å². The van der Waals surface area contributed by atoms with Gasteiger partial charge >= 0.3 is 0 Å². The Balaban J connectivity index is 1.80. The van der Waals surface area contributed by atoms with E-state index in [1.165, 1.54) is 45.1 Å². The van der Waals surface area contributed by atoms with E-state index in [-0.39, 0.29) is 0 Å². The van der Waals surface area contributed by atoms with Gasteiger partial charge in [0.15, 0.2) is 0 Å². The molecule has 14 heavy (non-hydrogen) atoms. The topological polar surface area (TPSA) is 12.0 Å². The molecule has 1 N–H and O–H groups in total. The minimum atomic E-state index is 0.799. The minimum absolute atomic E-state index is 0.799. The summed E-state index contributed by atoms with van der Waals surface area (Å²) in [5.74, 6) is 2.02. The molecular formula is C13H25N. The van der Waals surface area contributed by atoms with Gasteiger partial charge in [0.1, 0.15) is 0 Å². The Kier molecular flexibility index (Phi) is 3.16. The van der Waals surface area contributed by atoms with Crippen molar-refractivity contribution in [2.75, 3.05) is 13.1 Å². The van der Waals surface area contributed by atoms with Gasteiger partial charge in [-0.25, -0.2) is 0 Å². The fourth-order valence-electron chi connectivity index (χ4n) is 3.26. The summed E-state index contributed by atoms with van der Waals surface area (Å²) in [5.41, 5.74) is 0.799. The maximum absolute atomic E-state index is 3.51. The second kappa shape index (κ2) is 4.22. The quantitative estimate of drug-likeness (QED) is 0.729. The van der Waals surface area contributed by atoms with Crippen molar-refractivity contribution in [2.24, 2.45) is 17.3 Å². The second-order valence-corrected chi connectivity index (χ2v) is 5.61. The second-order valence-electron chi connectivity index (χ2n) is 5.61. The van der Waals surface area contributed by atoms with Crippen LogP contribution < -0.4 is 5.32 Å². The molecule has 0 aromatic rings. The average molecular weight is 195 g/mol. The van der Waals surface area contributed by atoms with Crippen LogP contribution in [0.3, 0.4) is 0 Å². The molecule has 0 amide bonds. The van der Waals surface area contributed by atoms with Gasteiger partial charge in [-0.3, -0.25) is 0 Å². The third-order valence-corrected chi connectivity index (χ3v) is 4.51. The molecule has 0 heterocycles. The molecule has 2 saturated carbocycles. The van der Waals surface area contributed by atoms with E-state index in [1.807, 2.05) is 0 Å². The summed E-state index contributed by atoms with van der Waals surface area (Å²) >= 11 is 0. The van der Waals surface area contributed by atoms with E-state index in [2.05, 4.69) is 19.2 Å². The number of hydrogen-bond acceptors (Lipinski definition) is 1. The van der Waals surface area contributed by atoms with Crippen molar-refractivity contribution >= 4 is 0 Å². The van der Waals surface area contributed by atoms with Crippen LogP contribution in [-0.2, 0) is 0 Å². The van der Waals surface area contributed by atoms with Crippen LogP contribution in [-0.4, -0.2) is 13.1 Å². The van der Waals surface area contributed by atoms with Gasteiger partial charge in [-0.2, -0.15) is 0 Å². The predicted molar refractivity (Wildman–Crippen MR) is 61.3 cm³/mol. The summed E-state index contributed by atoms with van der Waals surface area (Å²) in [5, 5.41) is 3.51. The highest BCUT2D eigenvalue weighted by Gasteiger charge is 2.52. The Bertz CT molecular complexity index is 190. The molecule has 2 aliphatic carbocycles. The van der Waals surface area contributed by atoms with Crippen molar-refractivity contribution in [1.82, 2.24) is 5.32 Å². The SMILES string of the molecule is CCNCC1CC12CCCC(C)CC2.